The average molecular weight is 620 g/mol. The molecule has 5 nitrogen and oxygen atoms in total. The minimum absolute atomic E-state index is 0.235. The van der Waals surface area contributed by atoms with E-state index in [1.807, 2.05) is 98.5 Å². The van der Waals surface area contributed by atoms with E-state index in [9.17, 15) is 17.6 Å². The van der Waals surface area contributed by atoms with Gasteiger partial charge in [-0.05, 0) is 87.6 Å². The smallest absolute Gasteiger partial charge is 0.417 e. The van der Waals surface area contributed by atoms with Crippen molar-refractivity contribution < 1.29 is 31.6 Å². The van der Waals surface area contributed by atoms with Gasteiger partial charge in [0.05, 0.1) is 0 Å². The van der Waals surface area contributed by atoms with E-state index in [4.69, 9.17) is 14.0 Å². The van der Waals surface area contributed by atoms with Gasteiger partial charge in [0.15, 0.2) is 23.3 Å². The molecule has 4 aromatic carbocycles. The molecular formula is C34H38B2F4N2O3. The maximum atomic E-state index is 13.8. The molecule has 0 saturated heterocycles. The normalized spacial score (nSPS) is 12.8. The molecule has 2 unspecified atom stereocenters. The summed E-state index contributed by atoms with van der Waals surface area (Å²) in [6.07, 6.45) is 0.747. The first-order chi connectivity index (χ1) is 21.6. The molecule has 0 heterocycles. The lowest BCUT2D eigenvalue weighted by Gasteiger charge is -2.35. The second kappa shape index (κ2) is 16.7. The molecule has 0 aliphatic heterocycles. The van der Waals surface area contributed by atoms with Gasteiger partial charge in [0.1, 0.15) is 12.0 Å². The topological polar surface area (TPSA) is 34.2 Å². The van der Waals surface area contributed by atoms with Gasteiger partial charge in [-0.2, -0.15) is 0 Å². The Bertz CT molecular complexity index is 1370. The molecule has 236 valence electrons. The summed E-state index contributed by atoms with van der Waals surface area (Å²) in [7, 11) is 6.44. The van der Waals surface area contributed by atoms with Crippen LogP contribution in [-0.4, -0.2) is 65.1 Å². The zero-order chi connectivity index (χ0) is 32.3. The predicted molar refractivity (Wildman–Crippen MR) is 170 cm³/mol. The predicted octanol–water partition coefficient (Wildman–Crippen LogP) is 6.74. The fourth-order valence-corrected chi connectivity index (χ4v) is 5.06. The first-order valence-electron chi connectivity index (χ1n) is 14.8. The lowest BCUT2D eigenvalue weighted by molar-refractivity contribution is 0.0341. The van der Waals surface area contributed by atoms with Crippen molar-refractivity contribution in [2.24, 2.45) is 0 Å². The Labute approximate surface area is 264 Å². The van der Waals surface area contributed by atoms with Crippen molar-refractivity contribution in [1.82, 2.24) is 9.62 Å². The third kappa shape index (κ3) is 9.76. The fraction of sp³-hybridized carbons (Fsp3) is 0.294. The molecular weight excluding hydrogens is 582 g/mol. The molecule has 0 aliphatic carbocycles. The van der Waals surface area contributed by atoms with Gasteiger partial charge in [-0.25, -0.2) is 17.6 Å². The van der Waals surface area contributed by atoms with Crippen LogP contribution in [0.4, 0.5) is 17.6 Å². The summed E-state index contributed by atoms with van der Waals surface area (Å²) < 4.78 is 74.3. The number of hydrogen-bond acceptors (Lipinski definition) is 5. The van der Waals surface area contributed by atoms with E-state index in [2.05, 4.69) is 0 Å². The van der Waals surface area contributed by atoms with Crippen LogP contribution < -0.4 is 0 Å². The van der Waals surface area contributed by atoms with Crippen LogP contribution in [-0.2, 0) is 26.9 Å². The molecule has 0 saturated carbocycles. The standard InChI is InChI=1S/C34H38B2F4N2O3/c1-41(2)35(43-21-19-25-15-17-29(37)31(39)23-25)33(27-11-7-5-8-12-27)45-34(28-13-9-6-10-14-28)36(42(3)4)44-22-20-26-16-18-30(38)32(40)24-26/h5-18,23-24,33-34H,19-22H2,1-4H3. The van der Waals surface area contributed by atoms with Crippen molar-refractivity contribution >= 4 is 14.1 Å². The SMILES string of the molecule is CN(C)B(OCCc1ccc(F)c(F)c1)C(OC(B(OCCc1ccc(F)c(F)c1)N(C)C)c1ccccc1)c1ccccc1. The van der Waals surface area contributed by atoms with Gasteiger partial charge in [0, 0.05) is 13.2 Å². The zero-order valence-corrected chi connectivity index (χ0v) is 26.0. The van der Waals surface area contributed by atoms with Gasteiger partial charge < -0.3 is 23.7 Å². The van der Waals surface area contributed by atoms with E-state index >= 15 is 0 Å². The number of benzene rings is 4. The minimum atomic E-state index is -0.896. The summed E-state index contributed by atoms with van der Waals surface area (Å²) in [6.45, 7) is 0.469. The van der Waals surface area contributed by atoms with Crippen molar-refractivity contribution in [1.29, 1.82) is 0 Å². The molecule has 45 heavy (non-hydrogen) atoms. The third-order valence-corrected chi connectivity index (χ3v) is 7.41. The van der Waals surface area contributed by atoms with Crippen molar-refractivity contribution in [3.63, 3.8) is 0 Å². The Morgan fingerprint density at radius 2 is 0.911 bits per heavy atom. The van der Waals surface area contributed by atoms with Gasteiger partial charge in [-0.15, -0.1) is 0 Å². The van der Waals surface area contributed by atoms with Crippen molar-refractivity contribution in [3.8, 4) is 0 Å². The third-order valence-electron chi connectivity index (χ3n) is 7.41. The van der Waals surface area contributed by atoms with Crippen LogP contribution in [0.25, 0.3) is 0 Å². The molecule has 2 atom stereocenters. The van der Waals surface area contributed by atoms with Crippen LogP contribution in [0, 0.1) is 23.3 Å². The van der Waals surface area contributed by atoms with Gasteiger partial charge >= 0.3 is 14.1 Å². The van der Waals surface area contributed by atoms with E-state index < -0.39 is 49.4 Å². The summed E-state index contributed by atoms with van der Waals surface area (Å²) in [6, 6.07) is 25.9. The second-order valence-corrected chi connectivity index (χ2v) is 11.2. The molecule has 0 aromatic heterocycles. The number of halogens is 4. The quantitative estimate of drug-likeness (QED) is 0.103. The molecule has 0 amide bonds. The molecule has 0 fully saturated rings. The van der Waals surface area contributed by atoms with Crippen molar-refractivity contribution in [2.75, 3.05) is 41.4 Å². The van der Waals surface area contributed by atoms with E-state index in [0.29, 0.717) is 24.0 Å². The highest BCUT2D eigenvalue weighted by atomic mass is 19.2. The number of hydrogen-bond donors (Lipinski definition) is 0. The van der Waals surface area contributed by atoms with Crippen LogP contribution in [0.5, 0.6) is 0 Å². The number of nitrogens with zero attached hydrogens (tertiary/aromatic N) is 2. The van der Waals surface area contributed by atoms with Crippen LogP contribution in [0.15, 0.2) is 97.1 Å². The largest absolute Gasteiger partial charge is 0.419 e. The van der Waals surface area contributed by atoms with Crippen LogP contribution >= 0.6 is 0 Å². The maximum absolute atomic E-state index is 13.8. The Hall–Kier alpha value is -3.47. The van der Waals surface area contributed by atoms with Crippen LogP contribution in [0.1, 0.15) is 34.3 Å². The van der Waals surface area contributed by atoms with E-state index in [1.165, 1.54) is 12.1 Å². The molecule has 11 heteroatoms. The van der Waals surface area contributed by atoms with Crippen LogP contribution in [0.3, 0.4) is 0 Å². The molecule has 4 aromatic rings. The van der Waals surface area contributed by atoms with Gasteiger partial charge in [-0.1, -0.05) is 72.8 Å². The highest BCUT2D eigenvalue weighted by Crippen LogP contribution is 2.33. The average Bonchev–Trinajstić information content (AvgIpc) is 3.03. The first-order valence-corrected chi connectivity index (χ1v) is 14.8. The van der Waals surface area contributed by atoms with Gasteiger partial charge in [0.25, 0.3) is 0 Å². The first kappa shape index (κ1) is 34.4. The lowest BCUT2D eigenvalue weighted by atomic mass is 9.66. The molecule has 0 N–H and O–H groups in total. The van der Waals surface area contributed by atoms with E-state index in [0.717, 1.165) is 23.3 Å². The summed E-state index contributed by atoms with van der Waals surface area (Å²) in [5.74, 6) is -3.57. The Balaban J connectivity index is 1.60. The van der Waals surface area contributed by atoms with Gasteiger partial charge in [-0.3, -0.25) is 0 Å². The zero-order valence-electron chi connectivity index (χ0n) is 26.0. The van der Waals surface area contributed by atoms with E-state index in [1.54, 1.807) is 12.1 Å². The summed E-state index contributed by atoms with van der Waals surface area (Å²) >= 11 is 0. The fourth-order valence-electron chi connectivity index (χ4n) is 5.06. The van der Waals surface area contributed by atoms with Crippen molar-refractivity contribution in [3.05, 3.63) is 143 Å². The summed E-state index contributed by atoms with van der Waals surface area (Å²) in [5, 5.41) is 0. The summed E-state index contributed by atoms with van der Waals surface area (Å²) in [4.78, 5) is 3.83. The lowest BCUT2D eigenvalue weighted by Crippen LogP contribution is -2.48. The molecule has 0 aliphatic rings. The Morgan fingerprint density at radius 3 is 1.24 bits per heavy atom. The van der Waals surface area contributed by atoms with Crippen LogP contribution in [0.2, 0.25) is 0 Å². The molecule has 0 spiro atoms. The Kier molecular flexibility index (Phi) is 12.8. The number of rotatable bonds is 16. The second-order valence-electron chi connectivity index (χ2n) is 11.2. The molecule has 4 rings (SSSR count). The highest BCUT2D eigenvalue weighted by Gasteiger charge is 2.41. The highest BCUT2D eigenvalue weighted by molar-refractivity contribution is 6.51. The number of ether oxygens (including phenoxy) is 1. The van der Waals surface area contributed by atoms with E-state index in [-0.39, 0.29) is 13.2 Å². The Morgan fingerprint density at radius 1 is 0.533 bits per heavy atom. The summed E-state index contributed by atoms with van der Waals surface area (Å²) in [5.41, 5.74) is 2.99. The van der Waals surface area contributed by atoms with Gasteiger partial charge in [0.2, 0.25) is 0 Å². The minimum Gasteiger partial charge on any atom is -0.419 e. The monoisotopic (exact) mass is 620 g/mol. The maximum Gasteiger partial charge on any atom is 0.417 e. The molecule has 0 bridgehead atoms. The molecule has 0 radical (unpaired) electrons. The van der Waals surface area contributed by atoms with Crippen molar-refractivity contribution in [2.45, 2.75) is 24.8 Å².